The Morgan fingerprint density at radius 2 is 1.75 bits per heavy atom. The number of aryl methyl sites for hydroxylation is 3. The van der Waals surface area contributed by atoms with Crippen LogP contribution in [-0.2, 0) is 6.42 Å². The second-order valence-electron chi connectivity index (χ2n) is 5.32. The third kappa shape index (κ3) is 3.29. The fourth-order valence-corrected chi connectivity index (χ4v) is 3.09. The van der Waals surface area contributed by atoms with Crippen LogP contribution in [0.2, 0.25) is 0 Å². The third-order valence-electron chi connectivity index (χ3n) is 3.78. The Balaban J connectivity index is 2.36. The second kappa shape index (κ2) is 6.53. The van der Waals surface area contributed by atoms with E-state index in [9.17, 15) is 0 Å². The van der Waals surface area contributed by atoms with Crippen molar-refractivity contribution in [3.8, 4) is 0 Å². The molecule has 1 unspecified atom stereocenters. The zero-order valence-corrected chi connectivity index (χ0v) is 13.8. The largest absolute Gasteiger partial charge is 0.271 e. The van der Waals surface area contributed by atoms with Gasteiger partial charge in [0, 0.05) is 4.47 Å². The van der Waals surface area contributed by atoms with Crippen molar-refractivity contribution in [1.29, 1.82) is 0 Å². The quantitative estimate of drug-likeness (QED) is 0.652. The third-order valence-corrected chi connectivity index (χ3v) is 4.50. The van der Waals surface area contributed by atoms with E-state index in [4.69, 9.17) is 5.84 Å². The molecule has 20 heavy (non-hydrogen) atoms. The Kier molecular flexibility index (Phi) is 4.97. The Morgan fingerprint density at radius 1 is 1.10 bits per heavy atom. The van der Waals surface area contributed by atoms with Crippen LogP contribution in [0.4, 0.5) is 0 Å². The van der Waals surface area contributed by atoms with Gasteiger partial charge < -0.3 is 0 Å². The highest BCUT2D eigenvalue weighted by molar-refractivity contribution is 9.10. The summed E-state index contributed by atoms with van der Waals surface area (Å²) < 4.78 is 1.09. The van der Waals surface area contributed by atoms with E-state index in [1.165, 1.54) is 27.8 Å². The Hall–Kier alpha value is -1.16. The van der Waals surface area contributed by atoms with Gasteiger partial charge in [-0.05, 0) is 55.5 Å². The summed E-state index contributed by atoms with van der Waals surface area (Å²) in [4.78, 5) is 0. The number of rotatable bonds is 4. The number of hydrogen-bond donors (Lipinski definition) is 2. The van der Waals surface area contributed by atoms with Gasteiger partial charge in [-0.2, -0.15) is 0 Å². The van der Waals surface area contributed by atoms with E-state index in [0.29, 0.717) is 0 Å². The van der Waals surface area contributed by atoms with Gasteiger partial charge in [0.2, 0.25) is 0 Å². The van der Waals surface area contributed by atoms with Gasteiger partial charge in [-0.15, -0.1) is 0 Å². The summed E-state index contributed by atoms with van der Waals surface area (Å²) in [6, 6.07) is 12.9. The van der Waals surface area contributed by atoms with E-state index in [1.807, 2.05) is 0 Å². The van der Waals surface area contributed by atoms with E-state index in [-0.39, 0.29) is 6.04 Å². The van der Waals surface area contributed by atoms with Crippen molar-refractivity contribution in [1.82, 2.24) is 5.43 Å². The first kappa shape index (κ1) is 15.2. The molecule has 1 atom stereocenters. The van der Waals surface area contributed by atoms with Crippen molar-refractivity contribution in [3.05, 3.63) is 68.7 Å². The standard InChI is InChI=1S/C17H21BrN2/c1-11-7-8-16(18)15(9-11)17(20-19)10-14-12(2)5-4-6-13(14)3/h4-9,17,20H,10,19H2,1-3H3. The summed E-state index contributed by atoms with van der Waals surface area (Å²) in [5.74, 6) is 5.80. The molecule has 0 aliphatic heterocycles. The number of hydrogen-bond acceptors (Lipinski definition) is 2. The smallest absolute Gasteiger partial charge is 0.0511 e. The average molecular weight is 333 g/mol. The van der Waals surface area contributed by atoms with Gasteiger partial charge in [0.05, 0.1) is 6.04 Å². The number of halogens is 1. The first-order valence-electron chi connectivity index (χ1n) is 6.80. The Labute approximate surface area is 129 Å². The molecule has 0 amide bonds. The number of benzene rings is 2. The monoisotopic (exact) mass is 332 g/mol. The molecule has 2 aromatic rings. The summed E-state index contributed by atoms with van der Waals surface area (Å²) in [6.07, 6.45) is 0.886. The molecule has 0 fully saturated rings. The SMILES string of the molecule is Cc1ccc(Br)c(C(Cc2c(C)cccc2C)NN)c1. The van der Waals surface area contributed by atoms with E-state index in [2.05, 4.69) is 78.5 Å². The molecule has 3 N–H and O–H groups in total. The molecule has 106 valence electrons. The lowest BCUT2D eigenvalue weighted by atomic mass is 9.93. The van der Waals surface area contributed by atoms with E-state index < -0.39 is 0 Å². The van der Waals surface area contributed by atoms with Crippen molar-refractivity contribution in [2.24, 2.45) is 5.84 Å². The predicted molar refractivity (Wildman–Crippen MR) is 88.6 cm³/mol. The van der Waals surface area contributed by atoms with Crippen molar-refractivity contribution in [2.75, 3.05) is 0 Å². The van der Waals surface area contributed by atoms with Crippen LogP contribution in [0, 0.1) is 20.8 Å². The van der Waals surface area contributed by atoms with Gasteiger partial charge in [-0.1, -0.05) is 51.8 Å². The van der Waals surface area contributed by atoms with Crippen LogP contribution in [-0.4, -0.2) is 0 Å². The lowest BCUT2D eigenvalue weighted by Gasteiger charge is -2.21. The number of hydrazine groups is 1. The zero-order valence-electron chi connectivity index (χ0n) is 12.2. The molecule has 0 spiro atoms. The molecule has 2 aromatic carbocycles. The van der Waals surface area contributed by atoms with Gasteiger partial charge in [-0.3, -0.25) is 11.3 Å². The molecule has 2 nitrogen and oxygen atoms in total. The number of nitrogens with one attached hydrogen (secondary N) is 1. The highest BCUT2D eigenvalue weighted by atomic mass is 79.9. The van der Waals surface area contributed by atoms with Gasteiger partial charge in [0.15, 0.2) is 0 Å². The van der Waals surface area contributed by atoms with Crippen LogP contribution in [0.15, 0.2) is 40.9 Å². The maximum absolute atomic E-state index is 5.80. The fourth-order valence-electron chi connectivity index (χ4n) is 2.56. The predicted octanol–water partition coefficient (Wildman–Crippen LogP) is 4.12. The van der Waals surface area contributed by atoms with Crippen LogP contribution >= 0.6 is 15.9 Å². The van der Waals surface area contributed by atoms with Crippen molar-refractivity contribution < 1.29 is 0 Å². The lowest BCUT2D eigenvalue weighted by molar-refractivity contribution is 0.547. The summed E-state index contributed by atoms with van der Waals surface area (Å²) in [7, 11) is 0. The van der Waals surface area contributed by atoms with Crippen LogP contribution in [0.3, 0.4) is 0 Å². The fraction of sp³-hybridized carbons (Fsp3) is 0.294. The van der Waals surface area contributed by atoms with Gasteiger partial charge in [0.25, 0.3) is 0 Å². The second-order valence-corrected chi connectivity index (χ2v) is 6.17. The van der Waals surface area contributed by atoms with Crippen molar-refractivity contribution in [2.45, 2.75) is 33.2 Å². The van der Waals surface area contributed by atoms with Gasteiger partial charge in [0.1, 0.15) is 0 Å². The highest BCUT2D eigenvalue weighted by Gasteiger charge is 2.16. The topological polar surface area (TPSA) is 38.0 Å². The van der Waals surface area contributed by atoms with Crippen LogP contribution in [0.5, 0.6) is 0 Å². The van der Waals surface area contributed by atoms with Gasteiger partial charge in [-0.25, -0.2) is 0 Å². The molecule has 0 radical (unpaired) electrons. The summed E-state index contributed by atoms with van der Waals surface area (Å²) in [6.45, 7) is 6.41. The van der Waals surface area contributed by atoms with Crippen molar-refractivity contribution >= 4 is 15.9 Å². The zero-order chi connectivity index (χ0) is 14.7. The first-order chi connectivity index (χ1) is 9.52. The average Bonchev–Trinajstić information content (AvgIpc) is 2.42. The van der Waals surface area contributed by atoms with Gasteiger partial charge >= 0.3 is 0 Å². The highest BCUT2D eigenvalue weighted by Crippen LogP contribution is 2.28. The Morgan fingerprint density at radius 3 is 2.35 bits per heavy atom. The molecular formula is C17H21BrN2. The molecule has 0 saturated heterocycles. The minimum Gasteiger partial charge on any atom is -0.271 e. The molecule has 0 saturated carbocycles. The van der Waals surface area contributed by atoms with E-state index in [0.717, 1.165) is 10.9 Å². The Bertz CT molecular complexity index is 588. The van der Waals surface area contributed by atoms with E-state index >= 15 is 0 Å². The molecule has 0 aliphatic carbocycles. The summed E-state index contributed by atoms with van der Waals surface area (Å²) in [5, 5.41) is 0. The van der Waals surface area contributed by atoms with Crippen LogP contribution < -0.4 is 11.3 Å². The normalized spacial score (nSPS) is 12.4. The van der Waals surface area contributed by atoms with Crippen LogP contribution in [0.25, 0.3) is 0 Å². The number of nitrogens with two attached hydrogens (primary N) is 1. The first-order valence-corrected chi connectivity index (χ1v) is 7.59. The molecule has 0 aromatic heterocycles. The maximum Gasteiger partial charge on any atom is 0.0511 e. The minimum absolute atomic E-state index is 0.101. The summed E-state index contributed by atoms with van der Waals surface area (Å²) >= 11 is 3.63. The lowest BCUT2D eigenvalue weighted by Crippen LogP contribution is -2.30. The maximum atomic E-state index is 5.80. The molecule has 0 heterocycles. The molecule has 2 rings (SSSR count). The molecular weight excluding hydrogens is 312 g/mol. The van der Waals surface area contributed by atoms with Crippen molar-refractivity contribution in [3.63, 3.8) is 0 Å². The molecule has 0 aliphatic rings. The van der Waals surface area contributed by atoms with E-state index in [1.54, 1.807) is 0 Å². The molecule has 0 bridgehead atoms. The minimum atomic E-state index is 0.101. The summed E-state index contributed by atoms with van der Waals surface area (Å²) in [5.41, 5.74) is 9.40. The van der Waals surface area contributed by atoms with Crippen LogP contribution in [0.1, 0.15) is 33.9 Å². The molecule has 3 heteroatoms.